The van der Waals surface area contributed by atoms with E-state index in [9.17, 15) is 9.59 Å². The van der Waals surface area contributed by atoms with Gasteiger partial charge in [-0.1, -0.05) is 25.7 Å². The molecule has 0 aromatic rings. The van der Waals surface area contributed by atoms with Crippen LogP contribution in [0.1, 0.15) is 71.6 Å². The van der Waals surface area contributed by atoms with Crippen LogP contribution >= 0.6 is 24.0 Å². The fraction of sp³-hybridized carbons (Fsp3) is 0.857. The van der Waals surface area contributed by atoms with E-state index in [0.29, 0.717) is 19.6 Å². The van der Waals surface area contributed by atoms with E-state index >= 15 is 0 Å². The minimum Gasteiger partial charge on any atom is -0.466 e. The van der Waals surface area contributed by atoms with Crippen molar-refractivity contribution < 1.29 is 14.3 Å². The molecule has 0 heterocycles. The molecule has 0 atom stereocenters. The van der Waals surface area contributed by atoms with E-state index in [-0.39, 0.29) is 41.3 Å². The zero-order valence-electron chi connectivity index (χ0n) is 18.7. The van der Waals surface area contributed by atoms with E-state index in [4.69, 9.17) is 9.73 Å². The number of aliphatic imine (C=N–C) groups is 1. The second kappa shape index (κ2) is 15.7. The molecule has 2 N–H and O–H groups in total. The number of ether oxygens (including phenoxy) is 1. The van der Waals surface area contributed by atoms with Gasteiger partial charge in [-0.05, 0) is 39.5 Å². The number of halogens is 1. The molecule has 8 heteroatoms. The maximum Gasteiger partial charge on any atom is 0.305 e. The number of guanidine groups is 1. The molecule has 0 spiro atoms. The molecule has 0 bridgehead atoms. The van der Waals surface area contributed by atoms with Gasteiger partial charge in [-0.2, -0.15) is 0 Å². The summed E-state index contributed by atoms with van der Waals surface area (Å²) in [5, 5.41) is 6.65. The second-order valence-electron chi connectivity index (χ2n) is 7.78. The topological polar surface area (TPSA) is 83.0 Å². The monoisotopic (exact) mass is 524 g/mol. The summed E-state index contributed by atoms with van der Waals surface area (Å²) < 4.78 is 4.93. The van der Waals surface area contributed by atoms with Crippen molar-refractivity contribution in [2.75, 3.05) is 40.3 Å². The average molecular weight is 524 g/mol. The van der Waals surface area contributed by atoms with E-state index in [1.807, 2.05) is 27.9 Å². The van der Waals surface area contributed by atoms with Crippen LogP contribution < -0.4 is 10.6 Å². The van der Waals surface area contributed by atoms with Crippen molar-refractivity contribution in [1.29, 1.82) is 0 Å². The van der Waals surface area contributed by atoms with Gasteiger partial charge in [0.25, 0.3) is 0 Å². The molecule has 170 valence electrons. The molecule has 7 nitrogen and oxygen atoms in total. The summed E-state index contributed by atoms with van der Waals surface area (Å²) in [6, 6.07) is 0. The highest BCUT2D eigenvalue weighted by Crippen LogP contribution is 2.39. The molecule has 1 fully saturated rings. The minimum absolute atomic E-state index is 0. The van der Waals surface area contributed by atoms with Crippen molar-refractivity contribution in [2.45, 2.75) is 71.6 Å². The Labute approximate surface area is 193 Å². The largest absolute Gasteiger partial charge is 0.466 e. The fourth-order valence-corrected chi connectivity index (χ4v) is 3.73. The third-order valence-corrected chi connectivity index (χ3v) is 5.21. The molecule has 1 saturated carbocycles. The van der Waals surface area contributed by atoms with Crippen molar-refractivity contribution in [1.82, 2.24) is 15.5 Å². The van der Waals surface area contributed by atoms with E-state index in [2.05, 4.69) is 10.6 Å². The standard InChI is InChI=1S/C21H40N4O3.HI/c1-5-22-20(23-16-12-8-7-9-13-18(26)28-6-2)24-17-21(14-10-11-15-21)19(27)25(3)4;/h5-17H2,1-4H3,(H2,22,23,24);1H. The highest BCUT2D eigenvalue weighted by atomic mass is 127. The molecule has 0 saturated heterocycles. The van der Waals surface area contributed by atoms with Crippen LogP contribution in [0.5, 0.6) is 0 Å². The predicted molar refractivity (Wildman–Crippen MR) is 129 cm³/mol. The molecular weight excluding hydrogens is 483 g/mol. The van der Waals surface area contributed by atoms with Gasteiger partial charge in [-0.3, -0.25) is 14.6 Å². The summed E-state index contributed by atoms with van der Waals surface area (Å²) in [5.74, 6) is 0.883. The zero-order valence-corrected chi connectivity index (χ0v) is 21.1. The highest BCUT2D eigenvalue weighted by molar-refractivity contribution is 14.0. The molecule has 0 unspecified atom stereocenters. The number of carbonyl (C=O) groups excluding carboxylic acids is 2. The van der Waals surface area contributed by atoms with Crippen LogP contribution in [0.15, 0.2) is 4.99 Å². The lowest BCUT2D eigenvalue weighted by Gasteiger charge is -2.29. The van der Waals surface area contributed by atoms with Crippen molar-refractivity contribution in [3.8, 4) is 0 Å². The van der Waals surface area contributed by atoms with Crippen molar-refractivity contribution in [3.05, 3.63) is 0 Å². The number of carbonyl (C=O) groups is 2. The Morgan fingerprint density at radius 3 is 2.28 bits per heavy atom. The predicted octanol–water partition coefficient (Wildman–Crippen LogP) is 3.32. The lowest BCUT2D eigenvalue weighted by atomic mass is 9.85. The Morgan fingerprint density at radius 1 is 1.03 bits per heavy atom. The number of nitrogens with one attached hydrogen (secondary N) is 2. The van der Waals surface area contributed by atoms with E-state index in [1.54, 1.807) is 4.90 Å². The highest BCUT2D eigenvalue weighted by Gasteiger charge is 2.41. The van der Waals surface area contributed by atoms with Crippen LogP contribution in [-0.4, -0.2) is 63.1 Å². The zero-order chi connectivity index (χ0) is 20.8. The Hall–Kier alpha value is -1.06. The van der Waals surface area contributed by atoms with Gasteiger partial charge in [0.2, 0.25) is 5.91 Å². The maximum atomic E-state index is 12.7. The molecule has 1 amide bonds. The first kappa shape index (κ1) is 27.9. The van der Waals surface area contributed by atoms with Gasteiger partial charge in [-0.25, -0.2) is 0 Å². The number of esters is 1. The van der Waals surface area contributed by atoms with Gasteiger partial charge in [0.1, 0.15) is 0 Å². The molecular formula is C21H41IN4O3. The lowest BCUT2D eigenvalue weighted by Crippen LogP contribution is -2.43. The molecule has 1 aliphatic carbocycles. The van der Waals surface area contributed by atoms with Crippen LogP contribution in [0.4, 0.5) is 0 Å². The molecule has 0 aromatic carbocycles. The van der Waals surface area contributed by atoms with Crippen LogP contribution in [0.2, 0.25) is 0 Å². The SMILES string of the molecule is CCNC(=NCC1(C(=O)N(C)C)CCCC1)NCCCCCCC(=O)OCC.I. The van der Waals surface area contributed by atoms with Gasteiger partial charge < -0.3 is 20.3 Å². The smallest absolute Gasteiger partial charge is 0.305 e. The Kier molecular flexibility index (Phi) is 15.2. The maximum absolute atomic E-state index is 12.7. The van der Waals surface area contributed by atoms with Gasteiger partial charge >= 0.3 is 5.97 Å². The first-order chi connectivity index (χ1) is 13.4. The third-order valence-electron chi connectivity index (χ3n) is 5.21. The van der Waals surface area contributed by atoms with Crippen molar-refractivity contribution in [2.24, 2.45) is 10.4 Å². The first-order valence-corrected chi connectivity index (χ1v) is 10.8. The summed E-state index contributed by atoms with van der Waals surface area (Å²) in [6.07, 6.45) is 8.55. The van der Waals surface area contributed by atoms with Gasteiger partial charge in [0.15, 0.2) is 5.96 Å². The Balaban J connectivity index is 0.00000784. The average Bonchev–Trinajstić information content (AvgIpc) is 3.14. The Bertz CT molecular complexity index is 506. The van der Waals surface area contributed by atoms with Crippen LogP contribution in [0, 0.1) is 5.41 Å². The van der Waals surface area contributed by atoms with Gasteiger partial charge in [0, 0.05) is 33.6 Å². The normalized spacial score (nSPS) is 15.4. The summed E-state index contributed by atoms with van der Waals surface area (Å²) in [7, 11) is 3.66. The third kappa shape index (κ3) is 10.5. The summed E-state index contributed by atoms with van der Waals surface area (Å²) in [5.41, 5.74) is -0.334. The summed E-state index contributed by atoms with van der Waals surface area (Å²) in [6.45, 7) is 6.50. The van der Waals surface area contributed by atoms with Crippen LogP contribution in [0.3, 0.4) is 0 Å². The number of unbranched alkanes of at least 4 members (excludes halogenated alkanes) is 3. The van der Waals surface area contributed by atoms with Crippen molar-refractivity contribution in [3.63, 3.8) is 0 Å². The molecule has 29 heavy (non-hydrogen) atoms. The Morgan fingerprint density at radius 2 is 1.69 bits per heavy atom. The molecule has 1 aliphatic rings. The number of hydrogen-bond donors (Lipinski definition) is 2. The van der Waals surface area contributed by atoms with Crippen molar-refractivity contribution >= 4 is 41.8 Å². The molecule has 1 rings (SSSR count). The quantitative estimate of drug-likeness (QED) is 0.135. The van der Waals surface area contributed by atoms with E-state index in [1.165, 1.54) is 0 Å². The fourth-order valence-electron chi connectivity index (χ4n) is 3.73. The lowest BCUT2D eigenvalue weighted by molar-refractivity contribution is -0.143. The summed E-state index contributed by atoms with van der Waals surface area (Å²) in [4.78, 5) is 30.4. The second-order valence-corrected chi connectivity index (χ2v) is 7.78. The summed E-state index contributed by atoms with van der Waals surface area (Å²) >= 11 is 0. The van der Waals surface area contributed by atoms with Crippen LogP contribution in [0.25, 0.3) is 0 Å². The number of hydrogen-bond acceptors (Lipinski definition) is 4. The molecule has 0 aliphatic heterocycles. The number of rotatable bonds is 12. The number of nitrogens with zero attached hydrogens (tertiary/aromatic N) is 2. The number of amides is 1. The van der Waals surface area contributed by atoms with Gasteiger partial charge in [-0.15, -0.1) is 24.0 Å². The first-order valence-electron chi connectivity index (χ1n) is 10.8. The van der Waals surface area contributed by atoms with E-state index in [0.717, 1.165) is 70.4 Å². The minimum atomic E-state index is -0.334. The van der Waals surface area contributed by atoms with E-state index < -0.39 is 0 Å². The molecule has 0 radical (unpaired) electrons. The van der Waals surface area contributed by atoms with Crippen LogP contribution in [-0.2, 0) is 14.3 Å². The molecule has 0 aromatic heterocycles. The van der Waals surface area contributed by atoms with Gasteiger partial charge in [0.05, 0.1) is 18.6 Å².